The maximum absolute atomic E-state index is 11.3. The molecule has 0 bridgehead atoms. The molecule has 1 rings (SSSR count). The average Bonchev–Trinajstić information content (AvgIpc) is 2.37. The summed E-state index contributed by atoms with van der Waals surface area (Å²) in [6.45, 7) is 2.69. The first kappa shape index (κ1) is 15.9. The highest BCUT2D eigenvalue weighted by atomic mass is 32.2. The van der Waals surface area contributed by atoms with Gasteiger partial charge in [-0.05, 0) is 30.7 Å². The van der Waals surface area contributed by atoms with Gasteiger partial charge < -0.3 is 14.8 Å². The van der Waals surface area contributed by atoms with Gasteiger partial charge in [0.1, 0.15) is 0 Å². The molecule has 1 aromatic carbocycles. The van der Waals surface area contributed by atoms with E-state index in [0.29, 0.717) is 31.3 Å². The van der Waals surface area contributed by atoms with Crippen LogP contribution in [0.15, 0.2) is 29.2 Å². The minimum atomic E-state index is -3.12. The van der Waals surface area contributed by atoms with E-state index >= 15 is 0 Å². The molecule has 0 aromatic heterocycles. The van der Waals surface area contributed by atoms with Crippen LogP contribution in [-0.2, 0) is 19.3 Å². The molecule has 0 amide bonds. The van der Waals surface area contributed by atoms with E-state index in [2.05, 4.69) is 5.32 Å². The van der Waals surface area contributed by atoms with Crippen LogP contribution in [0.25, 0.3) is 0 Å². The van der Waals surface area contributed by atoms with Crippen LogP contribution in [0.4, 0.5) is 5.69 Å². The zero-order valence-corrected chi connectivity index (χ0v) is 12.2. The van der Waals surface area contributed by atoms with E-state index in [1.165, 1.54) is 6.26 Å². The number of benzene rings is 1. The van der Waals surface area contributed by atoms with Crippen molar-refractivity contribution in [2.75, 3.05) is 45.0 Å². The van der Waals surface area contributed by atoms with Crippen molar-refractivity contribution in [2.24, 2.45) is 0 Å². The fraction of sp³-hybridized carbons (Fsp3) is 0.538. The number of hydrogen-bond acceptors (Lipinski definition) is 5. The molecule has 0 unspecified atom stereocenters. The summed E-state index contributed by atoms with van der Waals surface area (Å²) in [5.74, 6) is 0. The normalized spacial score (nSPS) is 11.5. The molecule has 0 aliphatic carbocycles. The number of nitrogens with one attached hydrogen (secondary N) is 1. The minimum Gasteiger partial charge on any atom is -0.385 e. The van der Waals surface area contributed by atoms with Gasteiger partial charge in [-0.15, -0.1) is 0 Å². The van der Waals surface area contributed by atoms with Gasteiger partial charge in [0.25, 0.3) is 0 Å². The summed E-state index contributed by atoms with van der Waals surface area (Å²) >= 11 is 0. The highest BCUT2D eigenvalue weighted by molar-refractivity contribution is 7.90. The van der Waals surface area contributed by atoms with Gasteiger partial charge in [0.15, 0.2) is 9.84 Å². The molecule has 0 radical (unpaired) electrons. The van der Waals surface area contributed by atoms with Crippen molar-refractivity contribution in [2.45, 2.75) is 11.3 Å². The molecule has 6 heteroatoms. The Morgan fingerprint density at radius 1 is 1.11 bits per heavy atom. The van der Waals surface area contributed by atoms with E-state index in [0.717, 1.165) is 12.1 Å². The van der Waals surface area contributed by atoms with E-state index in [1.54, 1.807) is 31.4 Å². The quantitative estimate of drug-likeness (QED) is 0.698. The lowest BCUT2D eigenvalue weighted by atomic mass is 10.3. The summed E-state index contributed by atoms with van der Waals surface area (Å²) in [5, 5.41) is 3.16. The van der Waals surface area contributed by atoms with Crippen molar-refractivity contribution in [1.29, 1.82) is 0 Å². The standard InChI is InChI=1S/C13H21NO4S/c1-17-9-3-10-18-11-8-14-12-4-6-13(7-5-12)19(2,15)16/h4-7,14H,3,8-11H2,1-2H3. The Hall–Kier alpha value is -1.11. The van der Waals surface area contributed by atoms with Crippen LogP contribution in [-0.4, -0.2) is 48.1 Å². The van der Waals surface area contributed by atoms with Gasteiger partial charge in [0, 0.05) is 38.8 Å². The van der Waals surface area contributed by atoms with Gasteiger partial charge in [0.2, 0.25) is 0 Å². The lowest BCUT2D eigenvalue weighted by Crippen LogP contribution is -2.10. The minimum absolute atomic E-state index is 0.328. The van der Waals surface area contributed by atoms with Crippen molar-refractivity contribution in [1.82, 2.24) is 0 Å². The third-order valence-corrected chi connectivity index (χ3v) is 3.62. The Labute approximate surface area is 114 Å². The highest BCUT2D eigenvalue weighted by Gasteiger charge is 2.05. The van der Waals surface area contributed by atoms with Crippen LogP contribution in [0.3, 0.4) is 0 Å². The summed E-state index contributed by atoms with van der Waals surface area (Å²) in [5.41, 5.74) is 0.882. The molecular weight excluding hydrogens is 266 g/mol. The monoisotopic (exact) mass is 287 g/mol. The molecular formula is C13H21NO4S. The second kappa shape index (κ2) is 8.14. The molecule has 0 aliphatic heterocycles. The Kier molecular flexibility index (Phi) is 6.83. The van der Waals surface area contributed by atoms with E-state index < -0.39 is 9.84 Å². The molecule has 0 atom stereocenters. The van der Waals surface area contributed by atoms with E-state index in [1.807, 2.05) is 0 Å². The molecule has 0 spiro atoms. The summed E-state index contributed by atoms with van der Waals surface area (Å²) in [7, 11) is -1.45. The predicted molar refractivity (Wildman–Crippen MR) is 75.4 cm³/mol. The van der Waals surface area contributed by atoms with Crippen molar-refractivity contribution in [3.05, 3.63) is 24.3 Å². The van der Waals surface area contributed by atoms with E-state index in [-0.39, 0.29) is 0 Å². The fourth-order valence-electron chi connectivity index (χ4n) is 1.49. The molecule has 0 saturated heterocycles. The summed E-state index contributed by atoms with van der Waals surface area (Å²) in [6.07, 6.45) is 2.09. The first-order chi connectivity index (χ1) is 9.04. The maximum Gasteiger partial charge on any atom is 0.175 e. The zero-order chi connectivity index (χ0) is 14.1. The molecule has 1 N–H and O–H groups in total. The number of anilines is 1. The second-order valence-electron chi connectivity index (χ2n) is 4.18. The largest absolute Gasteiger partial charge is 0.385 e. The Bertz CT molecular complexity index is 456. The van der Waals surface area contributed by atoms with Crippen LogP contribution in [0.1, 0.15) is 6.42 Å². The van der Waals surface area contributed by atoms with Crippen molar-refractivity contribution in [3.63, 3.8) is 0 Å². The fourth-order valence-corrected chi connectivity index (χ4v) is 2.13. The summed E-state index contributed by atoms with van der Waals surface area (Å²) in [4.78, 5) is 0.328. The first-order valence-corrected chi connectivity index (χ1v) is 8.04. The average molecular weight is 287 g/mol. The zero-order valence-electron chi connectivity index (χ0n) is 11.4. The number of hydrogen-bond donors (Lipinski definition) is 1. The number of sulfone groups is 1. The smallest absolute Gasteiger partial charge is 0.175 e. The highest BCUT2D eigenvalue weighted by Crippen LogP contribution is 2.13. The van der Waals surface area contributed by atoms with Gasteiger partial charge in [-0.2, -0.15) is 0 Å². The Morgan fingerprint density at radius 2 is 1.79 bits per heavy atom. The van der Waals surface area contributed by atoms with Crippen LogP contribution in [0.5, 0.6) is 0 Å². The SMILES string of the molecule is COCCCOCCNc1ccc(S(C)(=O)=O)cc1. The summed E-state index contributed by atoms with van der Waals surface area (Å²) < 4.78 is 32.9. The van der Waals surface area contributed by atoms with Crippen molar-refractivity contribution >= 4 is 15.5 Å². The van der Waals surface area contributed by atoms with Crippen LogP contribution >= 0.6 is 0 Å². The molecule has 0 saturated carbocycles. The second-order valence-corrected chi connectivity index (χ2v) is 6.20. The predicted octanol–water partition coefficient (Wildman–Crippen LogP) is 1.56. The topological polar surface area (TPSA) is 64.6 Å². The van der Waals surface area contributed by atoms with Crippen LogP contribution < -0.4 is 5.32 Å². The lowest BCUT2D eigenvalue weighted by Gasteiger charge is -2.08. The Balaban J connectivity index is 2.23. The molecule has 0 aliphatic rings. The molecule has 108 valence electrons. The van der Waals surface area contributed by atoms with Gasteiger partial charge in [-0.25, -0.2) is 8.42 Å². The van der Waals surface area contributed by atoms with E-state index in [9.17, 15) is 8.42 Å². The first-order valence-electron chi connectivity index (χ1n) is 6.14. The van der Waals surface area contributed by atoms with Gasteiger partial charge in [0.05, 0.1) is 11.5 Å². The van der Waals surface area contributed by atoms with Crippen molar-refractivity contribution < 1.29 is 17.9 Å². The molecule has 0 fully saturated rings. The molecule has 19 heavy (non-hydrogen) atoms. The molecule has 5 nitrogen and oxygen atoms in total. The van der Waals surface area contributed by atoms with E-state index in [4.69, 9.17) is 9.47 Å². The number of methoxy groups -OCH3 is 1. The third-order valence-electron chi connectivity index (χ3n) is 2.50. The molecule has 0 heterocycles. The maximum atomic E-state index is 11.3. The van der Waals surface area contributed by atoms with Gasteiger partial charge in [-0.1, -0.05) is 0 Å². The summed E-state index contributed by atoms with van der Waals surface area (Å²) in [6, 6.07) is 6.69. The third kappa shape index (κ3) is 6.56. The lowest BCUT2D eigenvalue weighted by molar-refractivity contribution is 0.109. The van der Waals surface area contributed by atoms with Gasteiger partial charge >= 0.3 is 0 Å². The Morgan fingerprint density at radius 3 is 2.37 bits per heavy atom. The van der Waals surface area contributed by atoms with Crippen molar-refractivity contribution in [3.8, 4) is 0 Å². The van der Waals surface area contributed by atoms with Crippen LogP contribution in [0, 0.1) is 0 Å². The number of rotatable bonds is 9. The molecule has 1 aromatic rings. The number of ether oxygens (including phenoxy) is 2. The van der Waals surface area contributed by atoms with Crippen LogP contribution in [0.2, 0.25) is 0 Å². The van der Waals surface area contributed by atoms with Gasteiger partial charge in [-0.3, -0.25) is 0 Å².